The lowest BCUT2D eigenvalue weighted by Gasteiger charge is -2.39. The molecule has 0 fully saturated rings. The summed E-state index contributed by atoms with van der Waals surface area (Å²) in [7, 11) is -2.11. The molecule has 4 heteroatoms. The lowest BCUT2D eigenvalue weighted by atomic mass is 10.1. The first-order chi connectivity index (χ1) is 11.6. The van der Waals surface area contributed by atoms with E-state index in [0.717, 1.165) is 11.3 Å². The van der Waals surface area contributed by atoms with Crippen LogP contribution in [0.2, 0.25) is 18.1 Å². The fraction of sp³-hybridized carbons (Fsp3) is 0.381. The highest BCUT2D eigenvalue weighted by molar-refractivity contribution is 6.74. The van der Waals surface area contributed by atoms with Gasteiger partial charge in [-0.15, -0.1) is 0 Å². The molecule has 0 aliphatic heterocycles. The van der Waals surface area contributed by atoms with Crippen LogP contribution in [0.5, 0.6) is 0 Å². The summed E-state index contributed by atoms with van der Waals surface area (Å²) in [5.74, 6) is -0.125. The van der Waals surface area contributed by atoms with Crippen LogP contribution in [0.15, 0.2) is 54.6 Å². The van der Waals surface area contributed by atoms with E-state index < -0.39 is 14.4 Å². The molecule has 0 saturated heterocycles. The van der Waals surface area contributed by atoms with Gasteiger partial charge in [0.05, 0.1) is 0 Å². The zero-order valence-corrected chi connectivity index (χ0v) is 17.1. The van der Waals surface area contributed by atoms with E-state index in [4.69, 9.17) is 4.43 Å². The Morgan fingerprint density at radius 3 is 2.08 bits per heavy atom. The number of amides is 1. The number of para-hydroxylation sites is 1. The predicted molar refractivity (Wildman–Crippen MR) is 107 cm³/mol. The first-order valence-corrected chi connectivity index (χ1v) is 11.6. The Morgan fingerprint density at radius 2 is 1.56 bits per heavy atom. The van der Waals surface area contributed by atoms with Crippen molar-refractivity contribution in [3.63, 3.8) is 0 Å². The smallest absolute Gasteiger partial charge is 0.256 e. The highest BCUT2D eigenvalue weighted by atomic mass is 28.4. The fourth-order valence-electron chi connectivity index (χ4n) is 2.21. The number of nitrogens with one attached hydrogen (secondary N) is 1. The molecule has 0 aliphatic rings. The van der Waals surface area contributed by atoms with E-state index in [9.17, 15) is 4.79 Å². The predicted octanol–water partition coefficient (Wildman–Crippen LogP) is 5.70. The minimum absolute atomic E-state index is 0.0307. The average Bonchev–Trinajstić information content (AvgIpc) is 2.53. The van der Waals surface area contributed by atoms with Gasteiger partial charge in [0.1, 0.15) is 0 Å². The van der Waals surface area contributed by atoms with Crippen molar-refractivity contribution in [3.05, 3.63) is 65.7 Å². The van der Waals surface area contributed by atoms with Gasteiger partial charge in [-0.3, -0.25) is 4.79 Å². The van der Waals surface area contributed by atoms with Crippen LogP contribution in [0.4, 0.5) is 5.69 Å². The molecule has 2 rings (SSSR count). The zero-order valence-electron chi connectivity index (χ0n) is 16.1. The lowest BCUT2D eigenvalue weighted by molar-refractivity contribution is -0.123. The van der Waals surface area contributed by atoms with E-state index >= 15 is 0 Å². The van der Waals surface area contributed by atoms with Gasteiger partial charge in [-0.05, 0) is 42.8 Å². The molecule has 3 nitrogen and oxygen atoms in total. The second-order valence-corrected chi connectivity index (χ2v) is 12.8. The summed E-state index contributed by atoms with van der Waals surface area (Å²) in [6.45, 7) is 12.9. The number of carbonyl (C=O) groups is 1. The third-order valence-corrected chi connectivity index (χ3v) is 9.32. The Bertz CT molecular complexity index is 703. The van der Waals surface area contributed by atoms with Crippen molar-refractivity contribution in [2.75, 3.05) is 5.32 Å². The highest BCUT2D eigenvalue weighted by Gasteiger charge is 2.41. The molecule has 1 atom stereocenters. The molecular formula is C21H29NO2Si. The molecule has 0 aliphatic carbocycles. The van der Waals surface area contributed by atoms with Crippen molar-refractivity contribution in [2.45, 2.75) is 51.9 Å². The van der Waals surface area contributed by atoms with E-state index in [1.807, 2.05) is 61.5 Å². The van der Waals surface area contributed by atoms with Crippen molar-refractivity contribution in [3.8, 4) is 0 Å². The minimum atomic E-state index is -2.11. The number of hydrogen-bond donors (Lipinski definition) is 1. The normalized spacial score (nSPS) is 13.4. The number of hydrogen-bond acceptors (Lipinski definition) is 2. The number of aryl methyl sites for hydroxylation is 1. The Labute approximate surface area is 152 Å². The summed E-state index contributed by atoms with van der Waals surface area (Å²) in [5.41, 5.74) is 2.84. The Morgan fingerprint density at radius 1 is 1.00 bits per heavy atom. The second-order valence-electron chi connectivity index (χ2n) is 8.02. The first-order valence-electron chi connectivity index (χ1n) is 8.70. The van der Waals surface area contributed by atoms with Gasteiger partial charge in [-0.2, -0.15) is 0 Å². The third-order valence-electron chi connectivity index (χ3n) is 4.88. The largest absolute Gasteiger partial charge is 0.401 e. The average molecular weight is 356 g/mol. The number of rotatable bonds is 5. The molecular weight excluding hydrogens is 326 g/mol. The summed E-state index contributed by atoms with van der Waals surface area (Å²) in [6, 6.07) is 17.5. The summed E-state index contributed by atoms with van der Waals surface area (Å²) in [5, 5.41) is 3.02. The van der Waals surface area contributed by atoms with Gasteiger partial charge in [0.15, 0.2) is 14.4 Å². The van der Waals surface area contributed by atoms with Crippen molar-refractivity contribution >= 4 is 19.9 Å². The molecule has 1 amide bonds. The number of carbonyl (C=O) groups excluding carboxylic acids is 1. The summed E-state index contributed by atoms with van der Waals surface area (Å²) in [4.78, 5) is 13.0. The Balaban J connectivity index is 2.31. The van der Waals surface area contributed by atoms with Crippen LogP contribution in [-0.4, -0.2) is 14.2 Å². The van der Waals surface area contributed by atoms with Crippen LogP contribution in [0.25, 0.3) is 0 Å². The van der Waals surface area contributed by atoms with E-state index in [1.165, 1.54) is 5.56 Å². The van der Waals surface area contributed by atoms with E-state index in [0.29, 0.717) is 0 Å². The van der Waals surface area contributed by atoms with Crippen molar-refractivity contribution in [1.29, 1.82) is 0 Å². The van der Waals surface area contributed by atoms with Crippen LogP contribution in [0, 0.1) is 6.92 Å². The van der Waals surface area contributed by atoms with Crippen molar-refractivity contribution < 1.29 is 9.22 Å². The van der Waals surface area contributed by atoms with E-state index in [1.54, 1.807) is 0 Å². The molecule has 0 saturated carbocycles. The maximum atomic E-state index is 13.0. The Hall–Kier alpha value is -1.91. The first kappa shape index (κ1) is 19.4. The van der Waals surface area contributed by atoms with Crippen LogP contribution in [0.3, 0.4) is 0 Å². The molecule has 1 unspecified atom stereocenters. The molecule has 2 aromatic carbocycles. The lowest BCUT2D eigenvalue weighted by Crippen LogP contribution is -2.44. The maximum Gasteiger partial charge on any atom is 0.256 e. The van der Waals surface area contributed by atoms with Gasteiger partial charge in [0.2, 0.25) is 0 Å². The number of benzene rings is 2. The summed E-state index contributed by atoms with van der Waals surface area (Å²) in [6.07, 6.45) is -0.610. The van der Waals surface area contributed by atoms with E-state index in [-0.39, 0.29) is 10.9 Å². The van der Waals surface area contributed by atoms with Crippen LogP contribution < -0.4 is 5.32 Å². The van der Waals surface area contributed by atoms with Gasteiger partial charge < -0.3 is 9.74 Å². The topological polar surface area (TPSA) is 38.3 Å². The second kappa shape index (κ2) is 7.54. The van der Waals surface area contributed by atoms with Crippen molar-refractivity contribution in [2.24, 2.45) is 0 Å². The molecule has 1 N–H and O–H groups in total. The maximum absolute atomic E-state index is 13.0. The molecule has 25 heavy (non-hydrogen) atoms. The van der Waals surface area contributed by atoms with E-state index in [2.05, 4.69) is 39.2 Å². The molecule has 0 spiro atoms. The number of anilines is 1. The zero-order chi connectivity index (χ0) is 18.7. The van der Waals surface area contributed by atoms with Crippen LogP contribution >= 0.6 is 0 Å². The Kier molecular flexibility index (Phi) is 5.86. The van der Waals surface area contributed by atoms with Crippen LogP contribution in [0.1, 0.15) is 38.0 Å². The molecule has 0 heterocycles. The standard InChI is InChI=1S/C21H29NO2Si/c1-16-12-14-17(15-13-16)19(24-25(5,6)21(2,3)4)20(23)22-18-10-8-7-9-11-18/h7-15,19H,1-6H3,(H,22,23). The van der Waals surface area contributed by atoms with Gasteiger partial charge in [0, 0.05) is 5.69 Å². The summed E-state index contributed by atoms with van der Waals surface area (Å²) < 4.78 is 6.49. The monoisotopic (exact) mass is 355 g/mol. The van der Waals surface area contributed by atoms with Crippen LogP contribution in [-0.2, 0) is 9.22 Å². The molecule has 2 aromatic rings. The van der Waals surface area contributed by atoms with Gasteiger partial charge in [-0.25, -0.2) is 0 Å². The SMILES string of the molecule is Cc1ccc(C(O[Si](C)(C)C(C)(C)C)C(=O)Nc2ccccc2)cc1. The van der Waals surface area contributed by atoms with Gasteiger partial charge >= 0.3 is 0 Å². The summed E-state index contributed by atoms with van der Waals surface area (Å²) >= 11 is 0. The third kappa shape index (κ3) is 5.03. The molecule has 0 bridgehead atoms. The molecule has 0 aromatic heterocycles. The minimum Gasteiger partial charge on any atom is -0.401 e. The fourth-order valence-corrected chi connectivity index (χ4v) is 3.40. The van der Waals surface area contributed by atoms with Crippen molar-refractivity contribution in [1.82, 2.24) is 0 Å². The molecule has 0 radical (unpaired) electrons. The van der Waals surface area contributed by atoms with Gasteiger partial charge in [0.25, 0.3) is 5.91 Å². The quantitative estimate of drug-likeness (QED) is 0.699. The van der Waals surface area contributed by atoms with Gasteiger partial charge in [-0.1, -0.05) is 68.8 Å². The highest BCUT2D eigenvalue weighted by Crippen LogP contribution is 2.40. The molecule has 134 valence electrons.